The zero-order valence-corrected chi connectivity index (χ0v) is 13.2. The third-order valence-electron chi connectivity index (χ3n) is 3.67. The normalized spacial score (nSPS) is 12.6. The Morgan fingerprint density at radius 3 is 2.70 bits per heavy atom. The van der Waals surface area contributed by atoms with Gasteiger partial charge in [0.2, 0.25) is 0 Å². The van der Waals surface area contributed by atoms with Crippen LogP contribution in [-0.2, 0) is 6.42 Å². The number of rotatable bonds is 6. The predicted molar refractivity (Wildman–Crippen MR) is 84.9 cm³/mol. The molecule has 1 N–H and O–H groups in total. The summed E-state index contributed by atoms with van der Waals surface area (Å²) in [5.74, 6) is -0.0852. The molecule has 1 nitrogen and oxygen atoms in total. The van der Waals surface area contributed by atoms with Crippen LogP contribution in [0.25, 0.3) is 0 Å². The van der Waals surface area contributed by atoms with Crippen molar-refractivity contribution in [1.82, 2.24) is 5.32 Å². The first-order valence-corrected chi connectivity index (χ1v) is 7.96. The van der Waals surface area contributed by atoms with Gasteiger partial charge in [0, 0.05) is 16.5 Å². The van der Waals surface area contributed by atoms with Crippen molar-refractivity contribution in [3.05, 3.63) is 57.0 Å². The molecule has 0 aliphatic carbocycles. The van der Waals surface area contributed by atoms with E-state index in [9.17, 15) is 4.39 Å². The van der Waals surface area contributed by atoms with Crippen molar-refractivity contribution >= 4 is 11.3 Å². The van der Waals surface area contributed by atoms with Crippen LogP contribution in [0.1, 0.15) is 40.5 Å². The summed E-state index contributed by atoms with van der Waals surface area (Å²) in [6.07, 6.45) is 3.09. The van der Waals surface area contributed by atoms with E-state index in [-0.39, 0.29) is 11.9 Å². The highest BCUT2D eigenvalue weighted by molar-refractivity contribution is 7.09. The molecular weight excluding hydrogens is 269 g/mol. The van der Waals surface area contributed by atoms with Gasteiger partial charge in [-0.3, -0.25) is 0 Å². The van der Waals surface area contributed by atoms with E-state index in [1.807, 2.05) is 20.9 Å². The molecule has 0 aliphatic rings. The van der Waals surface area contributed by atoms with E-state index in [0.29, 0.717) is 0 Å². The molecule has 0 fully saturated rings. The summed E-state index contributed by atoms with van der Waals surface area (Å²) in [6.45, 7) is 3.93. The molecule has 0 saturated carbocycles. The lowest BCUT2D eigenvalue weighted by Gasteiger charge is -2.20. The standard InChI is InChI=1S/C17H22FNS/c1-12-10-13(2)17(15(18)11-12)16(19-3)8-4-6-14-7-5-9-20-14/h5,7,9-11,16,19H,4,6,8H2,1-3H3. The Kier molecular flexibility index (Phi) is 5.32. The van der Waals surface area contributed by atoms with Gasteiger partial charge in [-0.15, -0.1) is 11.3 Å². The largest absolute Gasteiger partial charge is 0.313 e. The molecule has 0 bridgehead atoms. The van der Waals surface area contributed by atoms with E-state index in [2.05, 4.69) is 28.9 Å². The van der Waals surface area contributed by atoms with E-state index in [0.717, 1.165) is 36.0 Å². The van der Waals surface area contributed by atoms with Gasteiger partial charge in [0.1, 0.15) is 5.82 Å². The topological polar surface area (TPSA) is 12.0 Å². The van der Waals surface area contributed by atoms with Crippen molar-refractivity contribution in [2.24, 2.45) is 0 Å². The zero-order chi connectivity index (χ0) is 14.5. The summed E-state index contributed by atoms with van der Waals surface area (Å²) in [4.78, 5) is 1.40. The van der Waals surface area contributed by atoms with Gasteiger partial charge in [0.25, 0.3) is 0 Å². The van der Waals surface area contributed by atoms with Crippen LogP contribution in [0.2, 0.25) is 0 Å². The molecule has 2 rings (SSSR count). The molecule has 1 aromatic heterocycles. The summed E-state index contributed by atoms with van der Waals surface area (Å²) in [6, 6.07) is 8.03. The lowest BCUT2D eigenvalue weighted by Crippen LogP contribution is -2.19. The van der Waals surface area contributed by atoms with Gasteiger partial charge in [-0.2, -0.15) is 0 Å². The Labute approximate surface area is 124 Å². The monoisotopic (exact) mass is 291 g/mol. The number of halogens is 1. The maximum atomic E-state index is 14.2. The van der Waals surface area contributed by atoms with E-state index in [1.54, 1.807) is 17.4 Å². The van der Waals surface area contributed by atoms with Crippen molar-refractivity contribution in [2.75, 3.05) is 7.05 Å². The van der Waals surface area contributed by atoms with Crippen LogP contribution in [-0.4, -0.2) is 7.05 Å². The SMILES string of the molecule is CNC(CCCc1cccs1)c1c(C)cc(C)cc1F. The average molecular weight is 291 g/mol. The van der Waals surface area contributed by atoms with E-state index < -0.39 is 0 Å². The predicted octanol–water partition coefficient (Wildman–Crippen LogP) is 4.79. The lowest BCUT2D eigenvalue weighted by molar-refractivity contribution is 0.492. The summed E-state index contributed by atoms with van der Waals surface area (Å²) < 4.78 is 14.2. The van der Waals surface area contributed by atoms with Gasteiger partial charge in [-0.25, -0.2) is 4.39 Å². The van der Waals surface area contributed by atoms with Gasteiger partial charge < -0.3 is 5.32 Å². The molecule has 0 radical (unpaired) electrons. The highest BCUT2D eigenvalue weighted by atomic mass is 32.1. The Hall–Kier alpha value is -1.19. The first kappa shape index (κ1) is 15.2. The fourth-order valence-corrected chi connectivity index (χ4v) is 3.49. The summed E-state index contributed by atoms with van der Waals surface area (Å²) in [5.41, 5.74) is 2.85. The van der Waals surface area contributed by atoms with Crippen LogP contribution in [0.4, 0.5) is 4.39 Å². The molecule has 1 aromatic carbocycles. The maximum absolute atomic E-state index is 14.2. The molecule has 0 saturated heterocycles. The molecule has 1 heterocycles. The molecule has 3 heteroatoms. The Balaban J connectivity index is 2.04. The number of thiophene rings is 1. The molecule has 1 unspecified atom stereocenters. The summed E-state index contributed by atoms with van der Waals surface area (Å²) in [7, 11) is 1.91. The smallest absolute Gasteiger partial charge is 0.128 e. The fourth-order valence-electron chi connectivity index (χ4n) is 2.74. The van der Waals surface area contributed by atoms with Crippen LogP contribution in [0.15, 0.2) is 29.6 Å². The molecule has 0 spiro atoms. The van der Waals surface area contributed by atoms with Crippen molar-refractivity contribution < 1.29 is 4.39 Å². The molecular formula is C17H22FNS. The minimum Gasteiger partial charge on any atom is -0.313 e. The second kappa shape index (κ2) is 7.00. The van der Waals surface area contributed by atoms with Gasteiger partial charge >= 0.3 is 0 Å². The minimum atomic E-state index is -0.0852. The van der Waals surface area contributed by atoms with Crippen LogP contribution in [0.3, 0.4) is 0 Å². The zero-order valence-electron chi connectivity index (χ0n) is 12.4. The Morgan fingerprint density at radius 1 is 1.30 bits per heavy atom. The van der Waals surface area contributed by atoms with Crippen LogP contribution >= 0.6 is 11.3 Å². The number of benzene rings is 1. The molecule has 1 atom stereocenters. The van der Waals surface area contributed by atoms with Crippen LogP contribution in [0, 0.1) is 19.7 Å². The van der Waals surface area contributed by atoms with E-state index >= 15 is 0 Å². The van der Waals surface area contributed by atoms with Gasteiger partial charge in [0.05, 0.1) is 0 Å². The van der Waals surface area contributed by atoms with E-state index in [4.69, 9.17) is 0 Å². The average Bonchev–Trinajstić information content (AvgIpc) is 2.88. The number of hydrogen-bond acceptors (Lipinski definition) is 2. The summed E-state index contributed by atoms with van der Waals surface area (Å²) in [5, 5.41) is 5.37. The second-order valence-corrected chi connectivity index (χ2v) is 6.32. The van der Waals surface area contributed by atoms with Crippen molar-refractivity contribution in [3.8, 4) is 0 Å². The molecule has 108 valence electrons. The minimum absolute atomic E-state index is 0.0852. The number of aryl methyl sites for hydroxylation is 3. The number of nitrogens with one attached hydrogen (secondary N) is 1. The van der Waals surface area contributed by atoms with Crippen molar-refractivity contribution in [3.63, 3.8) is 0 Å². The van der Waals surface area contributed by atoms with Gasteiger partial charge in [0.15, 0.2) is 0 Å². The third-order valence-corrected chi connectivity index (χ3v) is 4.61. The third kappa shape index (κ3) is 3.68. The van der Waals surface area contributed by atoms with Crippen LogP contribution < -0.4 is 5.32 Å². The molecule has 20 heavy (non-hydrogen) atoms. The molecule has 0 amide bonds. The first-order valence-electron chi connectivity index (χ1n) is 7.08. The van der Waals surface area contributed by atoms with Crippen molar-refractivity contribution in [2.45, 2.75) is 39.2 Å². The number of hydrogen-bond donors (Lipinski definition) is 1. The molecule has 2 aromatic rings. The highest BCUT2D eigenvalue weighted by Crippen LogP contribution is 2.27. The van der Waals surface area contributed by atoms with Gasteiger partial charge in [-0.1, -0.05) is 12.1 Å². The first-order chi connectivity index (χ1) is 9.61. The highest BCUT2D eigenvalue weighted by Gasteiger charge is 2.16. The maximum Gasteiger partial charge on any atom is 0.128 e. The second-order valence-electron chi connectivity index (χ2n) is 5.29. The van der Waals surface area contributed by atoms with Crippen molar-refractivity contribution in [1.29, 1.82) is 0 Å². The van der Waals surface area contributed by atoms with Gasteiger partial charge in [-0.05, 0) is 68.8 Å². The van der Waals surface area contributed by atoms with E-state index in [1.165, 1.54) is 4.88 Å². The summed E-state index contributed by atoms with van der Waals surface area (Å²) >= 11 is 1.79. The fraction of sp³-hybridized carbons (Fsp3) is 0.412. The molecule has 0 aliphatic heterocycles. The lowest BCUT2D eigenvalue weighted by atomic mass is 9.95. The Bertz CT molecular complexity index is 525. The van der Waals surface area contributed by atoms with Crippen LogP contribution in [0.5, 0.6) is 0 Å². The quantitative estimate of drug-likeness (QED) is 0.807. The Morgan fingerprint density at radius 2 is 2.10 bits per heavy atom.